The summed E-state index contributed by atoms with van der Waals surface area (Å²) in [4.78, 5) is 32.0. The van der Waals surface area contributed by atoms with E-state index in [9.17, 15) is 14.4 Å². The summed E-state index contributed by atoms with van der Waals surface area (Å²) < 4.78 is 0. The summed E-state index contributed by atoms with van der Waals surface area (Å²) in [7, 11) is 0. The molecule has 0 heterocycles. The first-order valence-corrected chi connectivity index (χ1v) is 3.90. The average molecular weight is 217 g/mol. The smallest absolute Gasteiger partial charge is 0.332 e. The minimum Gasteiger partial charge on any atom is -0.480 e. The van der Waals surface area contributed by atoms with Crippen molar-refractivity contribution in [3.05, 3.63) is 12.2 Å². The van der Waals surface area contributed by atoms with E-state index in [4.69, 9.17) is 15.3 Å². The summed E-state index contributed by atoms with van der Waals surface area (Å²) in [6.45, 7) is 1.80. The van der Waals surface area contributed by atoms with Crippen LogP contribution < -0.4 is 0 Å². The Morgan fingerprint density at radius 1 is 0.933 bits per heavy atom. The van der Waals surface area contributed by atoms with Crippen molar-refractivity contribution < 1.29 is 29.7 Å². The summed E-state index contributed by atoms with van der Waals surface area (Å²) in [5.41, 5.74) is -0.252. The van der Waals surface area contributed by atoms with Crippen LogP contribution in [0, 0.1) is 0 Å². The van der Waals surface area contributed by atoms with Gasteiger partial charge in [-0.05, 0) is 0 Å². The second-order valence-electron chi connectivity index (χ2n) is 2.84. The first-order valence-electron chi connectivity index (χ1n) is 3.90. The molecule has 0 bridgehead atoms. The number of carboxylic acids is 3. The van der Waals surface area contributed by atoms with Gasteiger partial charge in [-0.3, -0.25) is 14.5 Å². The SMILES string of the molecule is C=C(CN(CC(=O)O)CC(=O)O)C(=O)O. The fourth-order valence-electron chi connectivity index (χ4n) is 0.888. The van der Waals surface area contributed by atoms with E-state index in [0.717, 1.165) is 4.90 Å². The minimum absolute atomic E-state index is 0.252. The third-order valence-electron chi connectivity index (χ3n) is 1.43. The highest BCUT2D eigenvalue weighted by atomic mass is 16.4. The van der Waals surface area contributed by atoms with Gasteiger partial charge in [-0.25, -0.2) is 4.79 Å². The van der Waals surface area contributed by atoms with Crippen molar-refractivity contribution in [2.24, 2.45) is 0 Å². The molecule has 0 aromatic rings. The predicted molar refractivity (Wildman–Crippen MR) is 48.5 cm³/mol. The Hall–Kier alpha value is -1.89. The van der Waals surface area contributed by atoms with Crippen LogP contribution in [0.1, 0.15) is 0 Å². The van der Waals surface area contributed by atoms with Gasteiger partial charge in [-0.15, -0.1) is 0 Å². The third-order valence-corrected chi connectivity index (χ3v) is 1.43. The first kappa shape index (κ1) is 13.1. The highest BCUT2D eigenvalue weighted by Gasteiger charge is 2.16. The van der Waals surface area contributed by atoms with Crippen LogP contribution in [0.25, 0.3) is 0 Å². The molecule has 0 saturated carbocycles. The maximum Gasteiger partial charge on any atom is 0.332 e. The summed E-state index contributed by atoms with van der Waals surface area (Å²) in [6.07, 6.45) is 0. The van der Waals surface area contributed by atoms with Crippen LogP contribution in [0.2, 0.25) is 0 Å². The lowest BCUT2D eigenvalue weighted by atomic mass is 10.3. The van der Waals surface area contributed by atoms with Crippen molar-refractivity contribution in [1.29, 1.82) is 0 Å². The molecular formula is C8H11NO6. The Morgan fingerprint density at radius 3 is 1.60 bits per heavy atom. The molecular weight excluding hydrogens is 206 g/mol. The van der Waals surface area contributed by atoms with E-state index in [1.54, 1.807) is 0 Å². The number of rotatable bonds is 7. The van der Waals surface area contributed by atoms with Crippen molar-refractivity contribution in [1.82, 2.24) is 4.90 Å². The number of aliphatic carboxylic acids is 3. The molecule has 0 aliphatic carbocycles. The molecule has 0 aromatic heterocycles. The predicted octanol–water partition coefficient (Wildman–Crippen LogP) is -0.902. The molecule has 0 saturated heterocycles. The highest BCUT2D eigenvalue weighted by Crippen LogP contribution is 1.97. The van der Waals surface area contributed by atoms with Gasteiger partial charge in [-0.1, -0.05) is 6.58 Å². The number of hydrogen-bond donors (Lipinski definition) is 3. The second-order valence-corrected chi connectivity index (χ2v) is 2.84. The Labute approximate surface area is 85.2 Å². The van der Waals surface area contributed by atoms with Crippen LogP contribution in [0.5, 0.6) is 0 Å². The van der Waals surface area contributed by atoms with E-state index in [1.807, 2.05) is 0 Å². The molecule has 7 heteroatoms. The molecule has 0 aliphatic heterocycles. The molecule has 3 N–H and O–H groups in total. The van der Waals surface area contributed by atoms with E-state index in [1.165, 1.54) is 0 Å². The lowest BCUT2D eigenvalue weighted by Crippen LogP contribution is -2.36. The van der Waals surface area contributed by atoms with E-state index in [-0.39, 0.29) is 12.1 Å². The first-order chi connectivity index (χ1) is 6.82. The number of nitrogens with zero attached hydrogens (tertiary/aromatic N) is 1. The summed E-state index contributed by atoms with van der Waals surface area (Å²) in [5, 5.41) is 25.4. The van der Waals surface area contributed by atoms with Crippen molar-refractivity contribution in [2.45, 2.75) is 0 Å². The molecule has 0 amide bonds. The van der Waals surface area contributed by atoms with Crippen molar-refractivity contribution in [3.63, 3.8) is 0 Å². The fraction of sp³-hybridized carbons (Fsp3) is 0.375. The Morgan fingerprint density at radius 2 is 1.33 bits per heavy atom. The van der Waals surface area contributed by atoms with Gasteiger partial charge in [0.1, 0.15) is 0 Å². The summed E-state index contributed by atoms with van der Waals surface area (Å²) in [6, 6.07) is 0. The second kappa shape index (κ2) is 5.76. The van der Waals surface area contributed by atoms with Gasteiger partial charge in [-0.2, -0.15) is 0 Å². The number of hydrogen-bond acceptors (Lipinski definition) is 4. The van der Waals surface area contributed by atoms with Crippen LogP contribution in [0.15, 0.2) is 12.2 Å². The van der Waals surface area contributed by atoms with Gasteiger partial charge < -0.3 is 15.3 Å². The zero-order chi connectivity index (χ0) is 12.0. The molecule has 0 fully saturated rings. The monoisotopic (exact) mass is 217 g/mol. The summed E-state index contributed by atoms with van der Waals surface area (Å²) in [5.74, 6) is -3.74. The van der Waals surface area contributed by atoms with Gasteiger partial charge in [0.2, 0.25) is 0 Å². The third kappa shape index (κ3) is 6.22. The van der Waals surface area contributed by atoms with Crippen LogP contribution in [-0.4, -0.2) is 57.8 Å². The van der Waals surface area contributed by atoms with Gasteiger partial charge in [0, 0.05) is 12.1 Å². The topological polar surface area (TPSA) is 115 Å². The van der Waals surface area contributed by atoms with Crippen LogP contribution in [0.4, 0.5) is 0 Å². The molecule has 7 nitrogen and oxygen atoms in total. The van der Waals surface area contributed by atoms with Gasteiger partial charge >= 0.3 is 17.9 Å². The van der Waals surface area contributed by atoms with Gasteiger partial charge in [0.05, 0.1) is 13.1 Å². The maximum absolute atomic E-state index is 10.4. The minimum atomic E-state index is -1.28. The molecule has 0 unspecified atom stereocenters. The molecule has 0 aromatic carbocycles. The largest absolute Gasteiger partial charge is 0.480 e. The van der Waals surface area contributed by atoms with Crippen molar-refractivity contribution in [3.8, 4) is 0 Å². The van der Waals surface area contributed by atoms with E-state index in [0.29, 0.717) is 0 Å². The zero-order valence-corrected chi connectivity index (χ0v) is 7.84. The Kier molecular flexibility index (Phi) is 5.03. The van der Waals surface area contributed by atoms with E-state index in [2.05, 4.69) is 6.58 Å². The number of carbonyl (C=O) groups is 3. The Bertz CT molecular complexity index is 282. The van der Waals surface area contributed by atoms with Crippen LogP contribution >= 0.6 is 0 Å². The number of carboxylic acid groups (broad SMARTS) is 3. The molecule has 0 spiro atoms. The highest BCUT2D eigenvalue weighted by molar-refractivity contribution is 5.86. The Balaban J connectivity index is 4.36. The van der Waals surface area contributed by atoms with Crippen LogP contribution in [-0.2, 0) is 14.4 Å². The summed E-state index contributed by atoms with van der Waals surface area (Å²) >= 11 is 0. The molecule has 0 atom stereocenters. The molecule has 0 rings (SSSR count). The maximum atomic E-state index is 10.4. The lowest BCUT2D eigenvalue weighted by molar-refractivity contribution is -0.142. The molecule has 84 valence electrons. The normalized spacial score (nSPS) is 9.93. The van der Waals surface area contributed by atoms with Gasteiger partial charge in [0.15, 0.2) is 0 Å². The molecule has 0 aliphatic rings. The van der Waals surface area contributed by atoms with Gasteiger partial charge in [0.25, 0.3) is 0 Å². The lowest BCUT2D eigenvalue weighted by Gasteiger charge is -2.17. The standard InChI is InChI=1S/C8H11NO6/c1-5(8(14)15)2-9(3-6(10)11)4-7(12)13/h1-4H2,(H,10,11)(H,12,13)(H,14,15). The van der Waals surface area contributed by atoms with Crippen LogP contribution in [0.3, 0.4) is 0 Å². The van der Waals surface area contributed by atoms with Crippen molar-refractivity contribution >= 4 is 17.9 Å². The zero-order valence-electron chi connectivity index (χ0n) is 7.84. The molecule has 0 radical (unpaired) electrons. The van der Waals surface area contributed by atoms with Crippen molar-refractivity contribution in [2.75, 3.05) is 19.6 Å². The van der Waals surface area contributed by atoms with E-state index < -0.39 is 31.0 Å². The quantitative estimate of drug-likeness (QED) is 0.473. The fourth-order valence-corrected chi connectivity index (χ4v) is 0.888. The molecule has 15 heavy (non-hydrogen) atoms. The van der Waals surface area contributed by atoms with E-state index >= 15 is 0 Å². The average Bonchev–Trinajstić information content (AvgIpc) is 2.00.